The molecule has 0 aromatic heterocycles. The van der Waals surface area contributed by atoms with Crippen molar-refractivity contribution >= 4 is 11.9 Å². The number of carbonyl (C=O) groups is 2. The van der Waals surface area contributed by atoms with E-state index in [4.69, 9.17) is 9.47 Å². The molecule has 5 rings (SSSR count). The Morgan fingerprint density at radius 1 is 1.10 bits per heavy atom. The van der Waals surface area contributed by atoms with Crippen LogP contribution in [0, 0.1) is 34.5 Å². The summed E-state index contributed by atoms with van der Waals surface area (Å²) in [5, 5.41) is 12.2. The molecule has 5 heteroatoms. The van der Waals surface area contributed by atoms with Crippen LogP contribution in [0.5, 0.6) is 0 Å². The molecule has 166 valence electrons. The van der Waals surface area contributed by atoms with Gasteiger partial charge in [-0.3, -0.25) is 4.79 Å². The number of rotatable bonds is 2. The average molecular weight is 417 g/mol. The highest BCUT2D eigenvalue weighted by Gasteiger charge is 2.67. The Bertz CT molecular complexity index is 788. The molecule has 0 spiro atoms. The van der Waals surface area contributed by atoms with Gasteiger partial charge in [-0.25, -0.2) is 4.79 Å². The SMILES string of the molecule is CC(=O)O[C@H]1CCC2(C)C3CCC4(C)C(C5=CC(=O)OC5)CCC4(O)C3CC[C@@H]2C1. The van der Waals surface area contributed by atoms with Crippen LogP contribution < -0.4 is 0 Å². The van der Waals surface area contributed by atoms with Gasteiger partial charge in [0.05, 0.1) is 5.60 Å². The van der Waals surface area contributed by atoms with Crippen LogP contribution in [0.15, 0.2) is 11.6 Å². The number of hydrogen-bond acceptors (Lipinski definition) is 5. The lowest BCUT2D eigenvalue weighted by Crippen LogP contribution is -2.62. The molecule has 0 saturated heterocycles. The van der Waals surface area contributed by atoms with Crippen molar-refractivity contribution in [3.8, 4) is 0 Å². The average Bonchev–Trinajstić information content (AvgIpc) is 3.22. The van der Waals surface area contributed by atoms with Gasteiger partial charge in [0, 0.05) is 18.4 Å². The summed E-state index contributed by atoms with van der Waals surface area (Å²) in [5.74, 6) is 1.29. The summed E-state index contributed by atoms with van der Waals surface area (Å²) in [6.45, 7) is 6.64. The summed E-state index contributed by atoms with van der Waals surface area (Å²) >= 11 is 0. The van der Waals surface area contributed by atoms with E-state index in [0.717, 1.165) is 63.4 Å². The van der Waals surface area contributed by atoms with Crippen LogP contribution in [0.1, 0.15) is 78.6 Å². The lowest BCUT2D eigenvalue weighted by molar-refractivity contribution is -0.209. The summed E-state index contributed by atoms with van der Waals surface area (Å²) < 4.78 is 10.8. The number of ether oxygens (including phenoxy) is 2. The lowest BCUT2D eigenvalue weighted by atomic mass is 9.43. The van der Waals surface area contributed by atoms with Crippen molar-refractivity contribution in [1.29, 1.82) is 0 Å². The molecular weight excluding hydrogens is 380 g/mol. The van der Waals surface area contributed by atoms with Gasteiger partial charge in [-0.05, 0) is 92.4 Å². The van der Waals surface area contributed by atoms with Gasteiger partial charge in [0.25, 0.3) is 0 Å². The lowest BCUT2D eigenvalue weighted by Gasteiger charge is -2.63. The standard InChI is InChI=1S/C25H36O5/c1-15(26)30-18-6-9-23(2)17(13-18)4-5-21-20(23)7-10-24(3)19(8-11-25(21,24)28)16-12-22(27)29-14-16/h12,17-21,28H,4-11,13-14H2,1-3H3/t17-,18+,19?,20?,21?,23?,24?,25?/m1/s1. The fourth-order valence-electron chi connectivity index (χ4n) is 8.71. The fraction of sp³-hybridized carbons (Fsp3) is 0.840. The minimum absolute atomic E-state index is 0.0665. The first-order valence-corrected chi connectivity index (χ1v) is 11.9. The Morgan fingerprint density at radius 3 is 2.60 bits per heavy atom. The summed E-state index contributed by atoms with van der Waals surface area (Å²) in [7, 11) is 0. The maximum Gasteiger partial charge on any atom is 0.331 e. The van der Waals surface area contributed by atoms with Gasteiger partial charge in [-0.1, -0.05) is 13.8 Å². The first-order valence-electron chi connectivity index (χ1n) is 11.9. The minimum Gasteiger partial charge on any atom is -0.463 e. The molecule has 5 aliphatic rings. The molecule has 4 saturated carbocycles. The van der Waals surface area contributed by atoms with E-state index in [-0.39, 0.29) is 34.8 Å². The highest BCUT2D eigenvalue weighted by atomic mass is 16.5. The Morgan fingerprint density at radius 2 is 1.90 bits per heavy atom. The van der Waals surface area contributed by atoms with Gasteiger partial charge in [0.1, 0.15) is 12.7 Å². The third-order valence-electron chi connectivity index (χ3n) is 10.3. The number of cyclic esters (lactones) is 1. The minimum atomic E-state index is -0.659. The van der Waals surface area contributed by atoms with Gasteiger partial charge < -0.3 is 14.6 Å². The van der Waals surface area contributed by atoms with Crippen LogP contribution in [-0.2, 0) is 19.1 Å². The zero-order valence-corrected chi connectivity index (χ0v) is 18.6. The predicted octanol–water partition coefficient (Wildman–Crippen LogP) is 4.18. The van der Waals surface area contributed by atoms with E-state index in [2.05, 4.69) is 13.8 Å². The highest BCUT2D eigenvalue weighted by Crippen LogP contribution is 2.69. The van der Waals surface area contributed by atoms with Crippen LogP contribution in [0.2, 0.25) is 0 Å². The molecule has 4 aliphatic carbocycles. The predicted molar refractivity (Wildman–Crippen MR) is 111 cm³/mol. The van der Waals surface area contributed by atoms with Crippen LogP contribution in [0.25, 0.3) is 0 Å². The molecule has 30 heavy (non-hydrogen) atoms. The second kappa shape index (κ2) is 6.82. The normalized spacial score (nSPS) is 50.1. The van der Waals surface area contributed by atoms with Gasteiger partial charge in [-0.15, -0.1) is 0 Å². The Balaban J connectivity index is 1.40. The zero-order chi connectivity index (χ0) is 21.3. The summed E-state index contributed by atoms with van der Waals surface area (Å²) in [5.41, 5.74) is 0.485. The van der Waals surface area contributed by atoms with Crippen LogP contribution >= 0.6 is 0 Å². The highest BCUT2D eigenvalue weighted by molar-refractivity contribution is 5.85. The second-order valence-corrected chi connectivity index (χ2v) is 11.3. The van der Waals surface area contributed by atoms with E-state index < -0.39 is 5.60 Å². The molecule has 1 aliphatic heterocycles. The van der Waals surface area contributed by atoms with Crippen LogP contribution in [0.4, 0.5) is 0 Å². The number of aliphatic hydroxyl groups is 1. The quantitative estimate of drug-likeness (QED) is 0.684. The van der Waals surface area contributed by atoms with E-state index in [1.54, 1.807) is 6.08 Å². The molecule has 0 bridgehead atoms. The van der Waals surface area contributed by atoms with Crippen molar-refractivity contribution in [1.82, 2.24) is 0 Å². The molecule has 8 atom stereocenters. The van der Waals surface area contributed by atoms with E-state index in [0.29, 0.717) is 24.4 Å². The van der Waals surface area contributed by atoms with Gasteiger partial charge >= 0.3 is 11.9 Å². The maximum atomic E-state index is 12.2. The van der Waals surface area contributed by atoms with Gasteiger partial charge in [0.2, 0.25) is 0 Å². The Labute approximate surface area is 179 Å². The van der Waals surface area contributed by atoms with Crippen LogP contribution in [-0.4, -0.2) is 35.4 Å². The first-order chi connectivity index (χ1) is 14.2. The molecule has 0 aromatic carbocycles. The van der Waals surface area contributed by atoms with Crippen molar-refractivity contribution in [3.05, 3.63) is 11.6 Å². The van der Waals surface area contributed by atoms with Crippen molar-refractivity contribution in [2.75, 3.05) is 6.61 Å². The smallest absolute Gasteiger partial charge is 0.331 e. The van der Waals surface area contributed by atoms with Crippen molar-refractivity contribution < 1.29 is 24.2 Å². The zero-order valence-electron chi connectivity index (χ0n) is 18.6. The third kappa shape index (κ3) is 2.76. The summed E-state index contributed by atoms with van der Waals surface area (Å²) in [4.78, 5) is 23.1. The van der Waals surface area contributed by atoms with E-state index >= 15 is 0 Å². The molecule has 4 fully saturated rings. The first kappa shape index (κ1) is 20.5. The van der Waals surface area contributed by atoms with Crippen molar-refractivity contribution in [2.24, 2.45) is 34.5 Å². The fourth-order valence-corrected chi connectivity index (χ4v) is 8.71. The van der Waals surface area contributed by atoms with E-state index in [1.165, 1.54) is 6.92 Å². The largest absolute Gasteiger partial charge is 0.463 e. The van der Waals surface area contributed by atoms with E-state index in [1.807, 2.05) is 0 Å². The van der Waals surface area contributed by atoms with Crippen LogP contribution in [0.3, 0.4) is 0 Å². The van der Waals surface area contributed by atoms with Gasteiger partial charge in [-0.2, -0.15) is 0 Å². The monoisotopic (exact) mass is 416 g/mol. The molecule has 1 N–H and O–H groups in total. The Kier molecular flexibility index (Phi) is 4.67. The van der Waals surface area contributed by atoms with Gasteiger partial charge in [0.15, 0.2) is 0 Å². The summed E-state index contributed by atoms with van der Waals surface area (Å²) in [6, 6.07) is 0. The molecule has 0 radical (unpaired) electrons. The number of carbonyl (C=O) groups excluding carboxylic acids is 2. The number of hydrogen-bond donors (Lipinski definition) is 1. The molecule has 0 aromatic rings. The molecule has 1 heterocycles. The second-order valence-electron chi connectivity index (χ2n) is 11.3. The van der Waals surface area contributed by atoms with Crippen molar-refractivity contribution in [2.45, 2.75) is 90.3 Å². The molecule has 6 unspecified atom stereocenters. The number of fused-ring (bicyclic) bond motifs is 5. The topological polar surface area (TPSA) is 72.8 Å². The third-order valence-corrected chi connectivity index (χ3v) is 10.3. The maximum absolute atomic E-state index is 12.2. The van der Waals surface area contributed by atoms with Crippen molar-refractivity contribution in [3.63, 3.8) is 0 Å². The molecule has 5 nitrogen and oxygen atoms in total. The molecular formula is C25H36O5. The van der Waals surface area contributed by atoms with E-state index in [9.17, 15) is 14.7 Å². The molecule has 0 amide bonds. The summed E-state index contributed by atoms with van der Waals surface area (Å²) in [6.07, 6.45) is 10.9. The number of esters is 2. The Hall–Kier alpha value is -1.36.